The van der Waals surface area contributed by atoms with Crippen molar-refractivity contribution in [2.24, 2.45) is 5.41 Å². The number of carbonyl (C=O) groups excluding carboxylic acids is 4. The van der Waals surface area contributed by atoms with Crippen molar-refractivity contribution in [2.45, 2.75) is 69.7 Å². The molecular formula is C47H48ClN9O5. The second kappa shape index (κ2) is 15.5. The number of ether oxygens (including phenoxy) is 1. The third-order valence-corrected chi connectivity index (χ3v) is 14.4. The molecule has 5 fully saturated rings. The number of benzene rings is 3. The largest absolute Gasteiger partial charge is 0.487 e. The van der Waals surface area contributed by atoms with Crippen LogP contribution in [-0.4, -0.2) is 119 Å². The Hall–Kier alpha value is -5.88. The number of fused-ring (bicyclic) bond motifs is 1. The monoisotopic (exact) mass is 853 g/mol. The number of nitriles is 1. The first-order valence-electron chi connectivity index (χ1n) is 21.5. The zero-order valence-corrected chi connectivity index (χ0v) is 35.6. The van der Waals surface area contributed by atoms with Gasteiger partial charge in [-0.2, -0.15) is 5.26 Å². The van der Waals surface area contributed by atoms with Crippen molar-refractivity contribution in [2.75, 3.05) is 62.2 Å². The van der Waals surface area contributed by atoms with E-state index in [9.17, 15) is 24.4 Å². The van der Waals surface area contributed by atoms with Gasteiger partial charge in [0.25, 0.3) is 11.8 Å². The number of halogens is 1. The Balaban J connectivity index is 0.658. The molecule has 1 atom stereocenters. The Morgan fingerprint density at radius 1 is 0.855 bits per heavy atom. The van der Waals surface area contributed by atoms with Gasteiger partial charge in [-0.1, -0.05) is 37.6 Å². The maximum absolute atomic E-state index is 13.3. The number of nitrogens with zero attached hydrogens (tertiary/aromatic N) is 8. The Morgan fingerprint density at radius 3 is 2.31 bits per heavy atom. The summed E-state index contributed by atoms with van der Waals surface area (Å²) in [7, 11) is 0. The van der Waals surface area contributed by atoms with Gasteiger partial charge in [0.05, 0.1) is 28.5 Å². The molecule has 14 nitrogen and oxygen atoms in total. The summed E-state index contributed by atoms with van der Waals surface area (Å²) in [6.45, 7) is 12.6. The van der Waals surface area contributed by atoms with Gasteiger partial charge in [0, 0.05) is 93.2 Å². The molecule has 4 amide bonds. The number of hydrogen-bond acceptors (Lipinski definition) is 12. The van der Waals surface area contributed by atoms with E-state index in [-0.39, 0.29) is 24.2 Å². The van der Waals surface area contributed by atoms with Gasteiger partial charge in [-0.05, 0) is 90.4 Å². The maximum atomic E-state index is 13.3. The minimum absolute atomic E-state index is 0.0995. The second-order valence-electron chi connectivity index (χ2n) is 18.4. The van der Waals surface area contributed by atoms with Crippen molar-refractivity contribution < 1.29 is 23.9 Å². The molecule has 318 valence electrons. The molecule has 0 bridgehead atoms. The van der Waals surface area contributed by atoms with Crippen molar-refractivity contribution in [1.82, 2.24) is 30.0 Å². The van der Waals surface area contributed by atoms with Gasteiger partial charge in [0.15, 0.2) is 0 Å². The van der Waals surface area contributed by atoms with E-state index in [1.54, 1.807) is 18.2 Å². The van der Waals surface area contributed by atoms with Gasteiger partial charge < -0.3 is 14.5 Å². The molecule has 1 spiro atoms. The molecule has 1 aromatic heterocycles. The smallest absolute Gasteiger partial charge is 0.262 e. The minimum Gasteiger partial charge on any atom is -0.487 e. The summed E-state index contributed by atoms with van der Waals surface area (Å²) < 4.78 is 6.15. The van der Waals surface area contributed by atoms with Gasteiger partial charge >= 0.3 is 0 Å². The molecule has 4 aromatic rings. The summed E-state index contributed by atoms with van der Waals surface area (Å²) in [5.74, 6) is -0.427. The van der Waals surface area contributed by atoms with E-state index in [2.05, 4.69) is 61.9 Å². The Labute approximate surface area is 365 Å². The molecule has 6 aliphatic rings. The first-order valence-corrected chi connectivity index (χ1v) is 21.8. The summed E-state index contributed by atoms with van der Waals surface area (Å²) >= 11 is 6.31. The molecule has 0 aliphatic carbocycles. The fourth-order valence-corrected chi connectivity index (χ4v) is 10.3. The zero-order chi connectivity index (χ0) is 42.9. The topological polar surface area (TPSA) is 155 Å². The van der Waals surface area contributed by atoms with Crippen molar-refractivity contribution in [3.63, 3.8) is 0 Å². The normalized spacial score (nSPS) is 21.9. The average Bonchev–Trinajstić information content (AvgIpc) is 3.47. The van der Waals surface area contributed by atoms with Crippen LogP contribution in [0.15, 0.2) is 72.9 Å². The molecule has 3 aromatic carbocycles. The van der Waals surface area contributed by atoms with Crippen LogP contribution in [0.3, 0.4) is 0 Å². The molecule has 15 heteroatoms. The van der Waals surface area contributed by atoms with Gasteiger partial charge in [-0.3, -0.25) is 39.2 Å². The standard InChI is InChI=1S/C47H48ClN9O5/c1-46(2,31-17-29(21-49)18-32(48)19-31)30-3-6-37(7-4-30)62-26-33-11-14-50-45(51-33)53-15-12-47(13-16-53)27-56(28-47)36-24-55(25-36)35-22-54(23-35)34-5-8-38-39(20-34)44(61)57(43(38)60)40-9-10-41(58)52-42(40)59/h3-8,11,14,17-20,35-36,40H,9-10,12-13,15-16,22-28H2,1-2H3,(H,52,58,59). The highest BCUT2D eigenvalue weighted by Gasteiger charge is 2.51. The van der Waals surface area contributed by atoms with Crippen LogP contribution >= 0.6 is 11.6 Å². The van der Waals surface area contributed by atoms with Gasteiger partial charge in [-0.25, -0.2) is 9.97 Å². The van der Waals surface area contributed by atoms with Crippen LogP contribution in [0.2, 0.25) is 5.02 Å². The number of aromatic nitrogens is 2. The summed E-state index contributed by atoms with van der Waals surface area (Å²) in [4.78, 5) is 70.8. The first kappa shape index (κ1) is 40.2. The highest BCUT2D eigenvalue weighted by molar-refractivity contribution is 6.30. The minimum atomic E-state index is -0.962. The molecule has 1 N–H and O–H groups in total. The average molecular weight is 854 g/mol. The zero-order valence-electron chi connectivity index (χ0n) is 34.8. The van der Waals surface area contributed by atoms with Crippen LogP contribution in [-0.2, 0) is 21.6 Å². The lowest BCUT2D eigenvalue weighted by Gasteiger charge is -2.61. The number of amides is 4. The number of hydrogen-bond donors (Lipinski definition) is 1. The van der Waals surface area contributed by atoms with E-state index in [1.165, 1.54) is 0 Å². The van der Waals surface area contributed by atoms with Gasteiger partial charge in [0.1, 0.15) is 18.4 Å². The summed E-state index contributed by atoms with van der Waals surface area (Å²) in [5, 5.41) is 12.2. The van der Waals surface area contributed by atoms with Crippen LogP contribution in [0, 0.1) is 16.7 Å². The van der Waals surface area contributed by atoms with Crippen molar-refractivity contribution in [1.29, 1.82) is 5.26 Å². The molecule has 6 aliphatic heterocycles. The van der Waals surface area contributed by atoms with E-state index in [1.807, 2.05) is 42.6 Å². The van der Waals surface area contributed by atoms with Crippen molar-refractivity contribution in [3.8, 4) is 11.8 Å². The molecule has 10 rings (SSSR count). The molecule has 7 heterocycles. The Morgan fingerprint density at radius 2 is 1.58 bits per heavy atom. The highest BCUT2D eigenvalue weighted by atomic mass is 35.5. The van der Waals surface area contributed by atoms with Gasteiger partial charge in [0.2, 0.25) is 17.8 Å². The molecule has 0 saturated carbocycles. The number of imide groups is 2. The van der Waals surface area contributed by atoms with E-state index in [4.69, 9.17) is 21.3 Å². The fourth-order valence-electron chi connectivity index (χ4n) is 10.1. The van der Waals surface area contributed by atoms with Crippen LogP contribution in [0.5, 0.6) is 5.75 Å². The third kappa shape index (κ3) is 7.25. The molecule has 1 unspecified atom stereocenters. The van der Waals surface area contributed by atoms with Crippen molar-refractivity contribution in [3.05, 3.63) is 111 Å². The molecule has 5 saturated heterocycles. The van der Waals surface area contributed by atoms with Crippen LogP contribution < -0.4 is 19.9 Å². The first-order chi connectivity index (χ1) is 29.9. The Bertz CT molecular complexity index is 2510. The highest BCUT2D eigenvalue weighted by Crippen LogP contribution is 2.44. The number of piperidine rings is 2. The van der Waals surface area contributed by atoms with E-state index in [0.29, 0.717) is 45.8 Å². The van der Waals surface area contributed by atoms with Gasteiger partial charge in [-0.15, -0.1) is 0 Å². The molecule has 0 radical (unpaired) electrons. The number of rotatable bonds is 10. The lowest BCUT2D eigenvalue weighted by Crippen LogP contribution is -2.74. The number of likely N-dealkylation sites (tertiary alicyclic amines) is 2. The summed E-state index contributed by atoms with van der Waals surface area (Å²) in [6, 6.07) is 23.1. The number of nitrogens with one attached hydrogen (secondary N) is 1. The van der Waals surface area contributed by atoms with Crippen molar-refractivity contribution >= 4 is 46.9 Å². The van der Waals surface area contributed by atoms with Crippen LogP contribution in [0.1, 0.15) is 82.6 Å². The summed E-state index contributed by atoms with van der Waals surface area (Å²) in [5.41, 5.74) is 4.98. The lowest BCUT2D eigenvalue weighted by molar-refractivity contribution is -0.136. The quantitative estimate of drug-likeness (QED) is 0.218. The second-order valence-corrected chi connectivity index (χ2v) is 18.8. The van der Waals surface area contributed by atoms with E-state index < -0.39 is 23.8 Å². The maximum Gasteiger partial charge on any atom is 0.262 e. The van der Waals surface area contributed by atoms with E-state index in [0.717, 1.165) is 104 Å². The molecule has 62 heavy (non-hydrogen) atoms. The SMILES string of the molecule is CC(C)(c1ccc(OCc2ccnc(N3CCC4(CC3)CN(C3CN(C5CN(c6ccc7c(c6)C(=O)N(C6CCC(=O)NC6=O)C7=O)C5)C3)C4)n2)cc1)c1cc(Cl)cc(C#N)c1. The van der Waals surface area contributed by atoms with Crippen LogP contribution in [0.25, 0.3) is 0 Å². The molecular weight excluding hydrogens is 806 g/mol. The van der Waals surface area contributed by atoms with E-state index >= 15 is 0 Å². The predicted molar refractivity (Wildman–Crippen MR) is 231 cm³/mol. The Kier molecular flexibility index (Phi) is 10.0. The number of anilines is 2. The third-order valence-electron chi connectivity index (χ3n) is 14.2. The number of carbonyl (C=O) groups is 4. The lowest BCUT2D eigenvalue weighted by atomic mass is 9.71. The summed E-state index contributed by atoms with van der Waals surface area (Å²) in [6.07, 6.45) is 4.31. The predicted octanol–water partition coefficient (Wildman–Crippen LogP) is 4.78. The fraction of sp³-hybridized carbons (Fsp3) is 0.426. The van der Waals surface area contributed by atoms with Crippen LogP contribution in [0.4, 0.5) is 11.6 Å².